The molecule has 1 saturated heterocycles. The predicted molar refractivity (Wildman–Crippen MR) is 88.2 cm³/mol. The van der Waals surface area contributed by atoms with Gasteiger partial charge in [-0.05, 0) is 62.4 Å². The maximum atomic E-state index is 12.3. The molecule has 134 valence electrons. The molecule has 1 atom stereocenters. The van der Waals surface area contributed by atoms with Crippen molar-refractivity contribution in [2.24, 2.45) is 5.92 Å². The molecule has 1 aromatic rings. The van der Waals surface area contributed by atoms with Crippen molar-refractivity contribution >= 4 is 0 Å². The van der Waals surface area contributed by atoms with Gasteiger partial charge in [-0.3, -0.25) is 0 Å². The van der Waals surface area contributed by atoms with Crippen LogP contribution in [0.5, 0.6) is 5.75 Å². The number of rotatable bonds is 8. The van der Waals surface area contributed by atoms with E-state index < -0.39 is 12.7 Å². The summed E-state index contributed by atoms with van der Waals surface area (Å²) in [6.45, 7) is 1.04. The number of aliphatic hydroxyl groups is 1. The summed E-state index contributed by atoms with van der Waals surface area (Å²) in [7, 11) is 0. The summed E-state index contributed by atoms with van der Waals surface area (Å²) in [6, 6.07) is 6.69. The van der Waals surface area contributed by atoms with Crippen LogP contribution in [0.2, 0.25) is 0 Å². The lowest BCUT2D eigenvalue weighted by molar-refractivity contribution is -0.0499. The highest BCUT2D eigenvalue weighted by molar-refractivity contribution is 5.30. The Morgan fingerprint density at radius 1 is 1.21 bits per heavy atom. The Morgan fingerprint density at radius 2 is 1.96 bits per heavy atom. The number of ether oxygens (including phenoxy) is 1. The third-order valence-electron chi connectivity index (χ3n) is 4.87. The summed E-state index contributed by atoms with van der Waals surface area (Å²) in [5.74, 6) is 1.01. The monoisotopic (exact) mass is 340 g/mol. The zero-order valence-corrected chi connectivity index (χ0v) is 13.8. The average molecular weight is 340 g/mol. The van der Waals surface area contributed by atoms with Crippen LogP contribution in [-0.2, 0) is 0 Å². The number of likely N-dealkylation sites (tertiary alicyclic amines) is 1. The molecule has 1 aliphatic carbocycles. The maximum absolute atomic E-state index is 12.3. The van der Waals surface area contributed by atoms with Gasteiger partial charge in [0.25, 0.3) is 0 Å². The van der Waals surface area contributed by atoms with E-state index in [0.717, 1.165) is 31.8 Å². The van der Waals surface area contributed by atoms with Crippen molar-refractivity contribution in [3.05, 3.63) is 29.8 Å². The minimum atomic E-state index is -2.85. The molecule has 4 nitrogen and oxygen atoms in total. The summed E-state index contributed by atoms with van der Waals surface area (Å²) >= 11 is 0. The highest BCUT2D eigenvalue weighted by Gasteiger charge is 2.27. The van der Waals surface area contributed by atoms with Crippen molar-refractivity contribution < 1.29 is 18.6 Å². The topological polar surface area (TPSA) is 44.7 Å². The van der Waals surface area contributed by atoms with Gasteiger partial charge in [-0.1, -0.05) is 12.1 Å². The molecule has 0 amide bonds. The molecular weight excluding hydrogens is 314 g/mol. The van der Waals surface area contributed by atoms with Crippen molar-refractivity contribution in [1.29, 1.82) is 0 Å². The number of aliphatic hydroxyl groups excluding tert-OH is 1. The van der Waals surface area contributed by atoms with Crippen molar-refractivity contribution in [2.75, 3.05) is 26.2 Å². The number of hydrogen-bond acceptors (Lipinski definition) is 4. The van der Waals surface area contributed by atoms with Crippen LogP contribution in [0.15, 0.2) is 24.3 Å². The molecular formula is C18H26F2N2O2. The van der Waals surface area contributed by atoms with E-state index >= 15 is 0 Å². The lowest BCUT2D eigenvalue weighted by Crippen LogP contribution is -2.44. The first-order chi connectivity index (χ1) is 11.6. The third-order valence-corrected chi connectivity index (χ3v) is 4.87. The van der Waals surface area contributed by atoms with Gasteiger partial charge in [0.1, 0.15) is 5.75 Å². The standard InChI is InChI=1S/C18H26F2N2O2/c19-18(20)24-16-3-1-2-14(10-16)17(23)11-21-15-6-8-22(9-7-15)12-13-4-5-13/h1-3,10,13,15,17-18,21,23H,4-9,11-12H2. The second-order valence-electron chi connectivity index (χ2n) is 6.89. The average Bonchev–Trinajstić information content (AvgIpc) is 3.37. The molecule has 0 spiro atoms. The Balaban J connectivity index is 1.41. The van der Waals surface area contributed by atoms with Crippen LogP contribution in [0.3, 0.4) is 0 Å². The fraction of sp³-hybridized carbons (Fsp3) is 0.667. The molecule has 2 N–H and O–H groups in total. The van der Waals surface area contributed by atoms with Gasteiger partial charge in [0.05, 0.1) is 6.10 Å². The molecule has 1 aliphatic heterocycles. The summed E-state index contributed by atoms with van der Waals surface area (Å²) in [5.41, 5.74) is 0.590. The molecule has 1 saturated carbocycles. The Labute approximate surface area is 141 Å². The molecule has 1 aromatic carbocycles. The van der Waals surface area contributed by atoms with E-state index in [9.17, 15) is 13.9 Å². The van der Waals surface area contributed by atoms with Crippen LogP contribution in [0.1, 0.15) is 37.4 Å². The number of nitrogens with one attached hydrogen (secondary N) is 1. The summed E-state index contributed by atoms with van der Waals surface area (Å²) < 4.78 is 28.9. The van der Waals surface area contributed by atoms with Crippen LogP contribution in [0.25, 0.3) is 0 Å². The SMILES string of the molecule is OC(CNC1CCN(CC2CC2)CC1)c1cccc(OC(F)F)c1. The summed E-state index contributed by atoms with van der Waals surface area (Å²) in [6.07, 6.45) is 4.23. The zero-order valence-electron chi connectivity index (χ0n) is 13.8. The van der Waals surface area contributed by atoms with Gasteiger partial charge in [0.15, 0.2) is 0 Å². The molecule has 0 radical (unpaired) electrons. The number of benzene rings is 1. The van der Waals surface area contributed by atoms with Crippen molar-refractivity contribution in [1.82, 2.24) is 10.2 Å². The smallest absolute Gasteiger partial charge is 0.387 e. The molecule has 0 bridgehead atoms. The van der Waals surface area contributed by atoms with Crippen LogP contribution in [-0.4, -0.2) is 48.8 Å². The largest absolute Gasteiger partial charge is 0.435 e. The molecule has 1 heterocycles. The van der Waals surface area contributed by atoms with Gasteiger partial charge in [0, 0.05) is 19.1 Å². The Kier molecular flexibility index (Phi) is 6.03. The lowest BCUT2D eigenvalue weighted by Gasteiger charge is -2.33. The van der Waals surface area contributed by atoms with Gasteiger partial charge in [0.2, 0.25) is 0 Å². The predicted octanol–water partition coefficient (Wildman–Crippen LogP) is 2.79. The minimum Gasteiger partial charge on any atom is -0.435 e. The van der Waals surface area contributed by atoms with Gasteiger partial charge in [-0.25, -0.2) is 0 Å². The highest BCUT2D eigenvalue weighted by Crippen LogP contribution is 2.30. The van der Waals surface area contributed by atoms with Crippen LogP contribution >= 0.6 is 0 Å². The van der Waals surface area contributed by atoms with E-state index in [0.29, 0.717) is 18.2 Å². The van der Waals surface area contributed by atoms with E-state index in [-0.39, 0.29) is 5.75 Å². The molecule has 1 unspecified atom stereocenters. The van der Waals surface area contributed by atoms with Gasteiger partial charge >= 0.3 is 6.61 Å². The Hall–Kier alpha value is -1.24. The molecule has 0 aromatic heterocycles. The first kappa shape index (κ1) is 17.6. The highest BCUT2D eigenvalue weighted by atomic mass is 19.3. The van der Waals surface area contributed by atoms with E-state index in [4.69, 9.17) is 0 Å². The lowest BCUT2D eigenvalue weighted by atomic mass is 10.0. The van der Waals surface area contributed by atoms with Crippen molar-refractivity contribution in [3.8, 4) is 5.75 Å². The van der Waals surface area contributed by atoms with Gasteiger partial charge < -0.3 is 20.1 Å². The first-order valence-electron chi connectivity index (χ1n) is 8.78. The van der Waals surface area contributed by atoms with E-state index in [1.807, 2.05) is 0 Å². The van der Waals surface area contributed by atoms with E-state index in [1.165, 1.54) is 31.5 Å². The van der Waals surface area contributed by atoms with Crippen molar-refractivity contribution in [2.45, 2.75) is 44.4 Å². The second-order valence-corrected chi connectivity index (χ2v) is 6.89. The first-order valence-corrected chi connectivity index (χ1v) is 8.78. The number of piperidine rings is 1. The van der Waals surface area contributed by atoms with Crippen LogP contribution in [0.4, 0.5) is 8.78 Å². The fourth-order valence-corrected chi connectivity index (χ4v) is 3.28. The Morgan fingerprint density at radius 3 is 2.62 bits per heavy atom. The molecule has 6 heteroatoms. The third kappa shape index (κ3) is 5.40. The fourth-order valence-electron chi connectivity index (χ4n) is 3.28. The van der Waals surface area contributed by atoms with E-state index in [2.05, 4.69) is 15.0 Å². The van der Waals surface area contributed by atoms with Crippen LogP contribution in [0, 0.1) is 5.92 Å². The minimum absolute atomic E-state index is 0.0786. The number of nitrogens with zero attached hydrogens (tertiary/aromatic N) is 1. The normalized spacial score (nSPS) is 21.2. The molecule has 3 rings (SSSR count). The second kappa shape index (κ2) is 8.23. The van der Waals surface area contributed by atoms with Gasteiger partial charge in [-0.15, -0.1) is 0 Å². The number of alkyl halides is 2. The Bertz CT molecular complexity index is 517. The summed E-state index contributed by atoms with van der Waals surface area (Å²) in [4.78, 5) is 2.54. The quantitative estimate of drug-likeness (QED) is 0.764. The van der Waals surface area contributed by atoms with Crippen LogP contribution < -0.4 is 10.1 Å². The zero-order chi connectivity index (χ0) is 16.9. The van der Waals surface area contributed by atoms with Crippen molar-refractivity contribution in [3.63, 3.8) is 0 Å². The maximum Gasteiger partial charge on any atom is 0.387 e. The molecule has 2 fully saturated rings. The number of hydrogen-bond donors (Lipinski definition) is 2. The number of halogens is 2. The summed E-state index contributed by atoms with van der Waals surface area (Å²) in [5, 5.41) is 13.7. The van der Waals surface area contributed by atoms with E-state index in [1.54, 1.807) is 12.1 Å². The molecule has 24 heavy (non-hydrogen) atoms. The molecule has 2 aliphatic rings. The van der Waals surface area contributed by atoms with Gasteiger partial charge in [-0.2, -0.15) is 8.78 Å².